The lowest BCUT2D eigenvalue weighted by Gasteiger charge is -2.26. The number of ether oxygens (including phenoxy) is 4. The molecule has 1 atom stereocenters. The first kappa shape index (κ1) is 14.6. The Morgan fingerprint density at radius 3 is 2.86 bits per heavy atom. The average Bonchev–Trinajstić information content (AvgIpc) is 3.00. The van der Waals surface area contributed by atoms with Crippen LogP contribution in [0.1, 0.15) is 31.4 Å². The lowest BCUT2D eigenvalue weighted by atomic mass is 10.1. The highest BCUT2D eigenvalue weighted by atomic mass is 16.7. The van der Waals surface area contributed by atoms with Crippen LogP contribution in [0.25, 0.3) is 0 Å². The molecule has 3 rings (SSSR count). The zero-order valence-electron chi connectivity index (χ0n) is 12.5. The molecule has 0 spiro atoms. The Morgan fingerprint density at radius 1 is 1.24 bits per heavy atom. The van der Waals surface area contributed by atoms with Gasteiger partial charge in [0.1, 0.15) is 0 Å². The second-order valence-corrected chi connectivity index (χ2v) is 5.37. The minimum absolute atomic E-state index is 0.173. The summed E-state index contributed by atoms with van der Waals surface area (Å²) in [6.45, 7) is 5.59. The van der Waals surface area contributed by atoms with Gasteiger partial charge >= 0.3 is 0 Å². The second kappa shape index (κ2) is 7.11. The summed E-state index contributed by atoms with van der Waals surface area (Å²) >= 11 is 0. The molecule has 5 nitrogen and oxygen atoms in total. The van der Waals surface area contributed by atoms with Gasteiger partial charge in [0, 0.05) is 13.2 Å². The van der Waals surface area contributed by atoms with E-state index in [2.05, 4.69) is 18.3 Å². The molecular weight excluding hydrogens is 270 g/mol. The van der Waals surface area contributed by atoms with Crippen molar-refractivity contribution in [3.8, 4) is 11.5 Å². The van der Waals surface area contributed by atoms with Crippen LogP contribution in [0.2, 0.25) is 0 Å². The smallest absolute Gasteiger partial charge is 0.231 e. The zero-order chi connectivity index (χ0) is 14.5. The van der Waals surface area contributed by atoms with Crippen molar-refractivity contribution in [3.05, 3.63) is 23.8 Å². The lowest BCUT2D eigenvalue weighted by Crippen LogP contribution is -2.30. The van der Waals surface area contributed by atoms with Crippen LogP contribution < -0.4 is 14.8 Å². The summed E-state index contributed by atoms with van der Waals surface area (Å²) in [5.41, 5.74) is 1.17. The number of hydrogen-bond donors (Lipinski definition) is 1. The predicted octanol–water partition coefficient (Wildman–Crippen LogP) is 2.26. The first-order valence-corrected chi connectivity index (χ1v) is 7.69. The van der Waals surface area contributed by atoms with Crippen LogP contribution in [0, 0.1) is 0 Å². The Bertz CT molecular complexity index is 460. The van der Waals surface area contributed by atoms with Crippen LogP contribution in [0.5, 0.6) is 11.5 Å². The summed E-state index contributed by atoms with van der Waals surface area (Å²) in [5.74, 6) is 1.64. The van der Waals surface area contributed by atoms with Crippen molar-refractivity contribution in [2.75, 3.05) is 33.2 Å². The lowest BCUT2D eigenvalue weighted by molar-refractivity contribution is -0.0382. The van der Waals surface area contributed by atoms with Gasteiger partial charge < -0.3 is 24.3 Å². The fraction of sp³-hybridized carbons (Fsp3) is 0.625. The van der Waals surface area contributed by atoms with Crippen molar-refractivity contribution in [3.63, 3.8) is 0 Å². The van der Waals surface area contributed by atoms with Gasteiger partial charge in [-0.1, -0.05) is 13.0 Å². The molecule has 0 aromatic heterocycles. The molecular formula is C16H23NO4. The van der Waals surface area contributed by atoms with Crippen LogP contribution in [0.4, 0.5) is 0 Å². The molecule has 0 bridgehead atoms. The van der Waals surface area contributed by atoms with E-state index >= 15 is 0 Å². The number of rotatable bonds is 6. The largest absolute Gasteiger partial charge is 0.454 e. The van der Waals surface area contributed by atoms with Crippen molar-refractivity contribution in [1.82, 2.24) is 5.32 Å². The summed E-state index contributed by atoms with van der Waals surface area (Å²) < 4.78 is 22.2. The normalized spacial score (nSPS) is 19.7. The van der Waals surface area contributed by atoms with E-state index in [0.29, 0.717) is 19.5 Å². The molecule has 1 aromatic carbocycles. The molecule has 0 radical (unpaired) electrons. The summed E-state index contributed by atoms with van der Waals surface area (Å²) in [6, 6.07) is 6.26. The van der Waals surface area contributed by atoms with Crippen LogP contribution >= 0.6 is 0 Å². The molecule has 2 heterocycles. The van der Waals surface area contributed by atoms with E-state index in [4.69, 9.17) is 18.9 Å². The van der Waals surface area contributed by atoms with Gasteiger partial charge in [-0.2, -0.15) is 0 Å². The minimum Gasteiger partial charge on any atom is -0.454 e. The highest BCUT2D eigenvalue weighted by Gasteiger charge is 2.20. The molecule has 0 amide bonds. The number of benzene rings is 1. The van der Waals surface area contributed by atoms with E-state index in [9.17, 15) is 0 Å². The van der Waals surface area contributed by atoms with Gasteiger partial charge in [0.15, 0.2) is 11.5 Å². The number of nitrogens with one attached hydrogen (secondary N) is 1. The average molecular weight is 293 g/mol. The summed E-state index contributed by atoms with van der Waals surface area (Å²) in [7, 11) is 0. The maximum absolute atomic E-state index is 6.06. The molecule has 1 aromatic rings. The standard InChI is InChI=1S/C16H23NO4/c1-2-17-14(10-19-13-5-7-18-8-6-13)12-3-4-15-16(9-12)21-11-20-15/h3-4,9,13-14,17H,2,5-8,10-11H2,1H3. The summed E-state index contributed by atoms with van der Waals surface area (Å²) in [4.78, 5) is 0. The first-order valence-electron chi connectivity index (χ1n) is 7.69. The SMILES string of the molecule is CCNC(COC1CCOCC1)c1ccc2c(c1)OCO2. The van der Waals surface area contributed by atoms with Gasteiger partial charge in [-0.15, -0.1) is 0 Å². The van der Waals surface area contributed by atoms with E-state index < -0.39 is 0 Å². The van der Waals surface area contributed by atoms with Crippen molar-refractivity contribution in [2.24, 2.45) is 0 Å². The fourth-order valence-corrected chi connectivity index (χ4v) is 2.72. The first-order chi connectivity index (χ1) is 10.4. The third-order valence-electron chi connectivity index (χ3n) is 3.92. The zero-order valence-corrected chi connectivity index (χ0v) is 12.5. The van der Waals surface area contributed by atoms with E-state index in [1.165, 1.54) is 5.56 Å². The van der Waals surface area contributed by atoms with E-state index in [1.54, 1.807) is 0 Å². The molecule has 1 saturated heterocycles. The highest BCUT2D eigenvalue weighted by molar-refractivity contribution is 5.45. The predicted molar refractivity (Wildman–Crippen MR) is 78.8 cm³/mol. The molecule has 1 fully saturated rings. The van der Waals surface area contributed by atoms with E-state index in [0.717, 1.165) is 44.1 Å². The molecule has 21 heavy (non-hydrogen) atoms. The molecule has 116 valence electrons. The Labute approximate surface area is 125 Å². The van der Waals surface area contributed by atoms with Crippen LogP contribution in [-0.4, -0.2) is 39.3 Å². The van der Waals surface area contributed by atoms with Gasteiger partial charge in [-0.05, 0) is 37.1 Å². The molecule has 0 aliphatic carbocycles. The topological polar surface area (TPSA) is 49.0 Å². The number of hydrogen-bond acceptors (Lipinski definition) is 5. The third kappa shape index (κ3) is 3.67. The molecule has 1 N–H and O–H groups in total. The van der Waals surface area contributed by atoms with Gasteiger partial charge in [0.05, 0.1) is 18.8 Å². The molecule has 2 aliphatic rings. The van der Waals surface area contributed by atoms with Gasteiger partial charge in [-0.25, -0.2) is 0 Å². The Balaban J connectivity index is 1.63. The monoisotopic (exact) mass is 293 g/mol. The van der Waals surface area contributed by atoms with Gasteiger partial charge in [0.2, 0.25) is 6.79 Å². The van der Waals surface area contributed by atoms with Crippen molar-refractivity contribution in [1.29, 1.82) is 0 Å². The third-order valence-corrected chi connectivity index (χ3v) is 3.92. The fourth-order valence-electron chi connectivity index (χ4n) is 2.72. The Kier molecular flexibility index (Phi) is 4.95. The van der Waals surface area contributed by atoms with E-state index in [-0.39, 0.29) is 6.04 Å². The van der Waals surface area contributed by atoms with Crippen LogP contribution in [0.3, 0.4) is 0 Å². The molecule has 1 unspecified atom stereocenters. The van der Waals surface area contributed by atoms with Crippen molar-refractivity contribution >= 4 is 0 Å². The number of likely N-dealkylation sites (N-methyl/N-ethyl adjacent to an activating group) is 1. The maximum Gasteiger partial charge on any atom is 0.231 e. The maximum atomic E-state index is 6.06. The Hall–Kier alpha value is -1.30. The minimum atomic E-state index is 0.173. The van der Waals surface area contributed by atoms with E-state index in [1.807, 2.05) is 12.1 Å². The Morgan fingerprint density at radius 2 is 2.05 bits per heavy atom. The van der Waals surface area contributed by atoms with Crippen molar-refractivity contribution in [2.45, 2.75) is 31.9 Å². The molecule has 0 saturated carbocycles. The molecule has 5 heteroatoms. The van der Waals surface area contributed by atoms with Gasteiger partial charge in [-0.3, -0.25) is 0 Å². The summed E-state index contributed by atoms with van der Waals surface area (Å²) in [5, 5.41) is 3.48. The summed E-state index contributed by atoms with van der Waals surface area (Å²) in [6.07, 6.45) is 2.29. The van der Waals surface area contributed by atoms with Crippen LogP contribution in [-0.2, 0) is 9.47 Å². The molecule has 2 aliphatic heterocycles. The van der Waals surface area contributed by atoms with Crippen LogP contribution in [0.15, 0.2) is 18.2 Å². The van der Waals surface area contributed by atoms with Gasteiger partial charge in [0.25, 0.3) is 0 Å². The second-order valence-electron chi connectivity index (χ2n) is 5.37. The quantitative estimate of drug-likeness (QED) is 0.872. The highest BCUT2D eigenvalue weighted by Crippen LogP contribution is 2.34. The number of fused-ring (bicyclic) bond motifs is 1. The van der Waals surface area contributed by atoms with Crippen molar-refractivity contribution < 1.29 is 18.9 Å².